The van der Waals surface area contributed by atoms with Crippen molar-refractivity contribution in [3.63, 3.8) is 0 Å². The molecule has 0 aliphatic carbocycles. The lowest BCUT2D eigenvalue weighted by atomic mass is 9.92. The van der Waals surface area contributed by atoms with Gasteiger partial charge >= 0.3 is 5.97 Å². The SMILES string of the molecule is COC(=O)c1ccc(CN(CCC(=O)Nc2c(C(C)C)cccc2C(C)C)c2ccccc2)cc1. The van der Waals surface area contributed by atoms with Gasteiger partial charge in [0.2, 0.25) is 5.91 Å². The second-order valence-corrected chi connectivity index (χ2v) is 9.36. The molecule has 0 fully saturated rings. The average molecular weight is 473 g/mol. The van der Waals surface area contributed by atoms with Crippen molar-refractivity contribution in [2.45, 2.75) is 52.5 Å². The second kappa shape index (κ2) is 12.2. The van der Waals surface area contributed by atoms with Crippen LogP contribution in [0.4, 0.5) is 11.4 Å². The van der Waals surface area contributed by atoms with Crippen molar-refractivity contribution in [2.75, 3.05) is 23.9 Å². The fourth-order valence-electron chi connectivity index (χ4n) is 4.16. The average Bonchev–Trinajstić information content (AvgIpc) is 2.86. The van der Waals surface area contributed by atoms with Gasteiger partial charge in [-0.15, -0.1) is 0 Å². The number of ether oxygens (including phenoxy) is 1. The van der Waals surface area contributed by atoms with Gasteiger partial charge in [-0.25, -0.2) is 4.79 Å². The van der Waals surface area contributed by atoms with Gasteiger partial charge in [0.05, 0.1) is 12.7 Å². The minimum atomic E-state index is -0.351. The van der Waals surface area contributed by atoms with Gasteiger partial charge in [0.25, 0.3) is 0 Å². The van der Waals surface area contributed by atoms with Crippen molar-refractivity contribution < 1.29 is 14.3 Å². The van der Waals surface area contributed by atoms with Crippen molar-refractivity contribution in [2.24, 2.45) is 0 Å². The Morgan fingerprint density at radius 2 is 1.43 bits per heavy atom. The lowest BCUT2D eigenvalue weighted by molar-refractivity contribution is -0.116. The summed E-state index contributed by atoms with van der Waals surface area (Å²) in [6, 6.07) is 23.7. The molecular formula is C30H36N2O3. The number of carbonyl (C=O) groups is 2. The van der Waals surface area contributed by atoms with Gasteiger partial charge in [0.15, 0.2) is 0 Å². The Bertz CT molecular complexity index is 1100. The van der Waals surface area contributed by atoms with Gasteiger partial charge in [0.1, 0.15) is 0 Å². The standard InChI is InChI=1S/C30H36N2O3/c1-21(2)26-12-9-13-27(22(3)4)29(26)31-28(33)18-19-32(25-10-7-6-8-11-25)20-23-14-16-24(17-15-23)30(34)35-5/h6-17,21-22H,18-20H2,1-5H3,(H,31,33). The number of nitrogens with one attached hydrogen (secondary N) is 1. The van der Waals surface area contributed by atoms with Crippen LogP contribution in [0.2, 0.25) is 0 Å². The van der Waals surface area contributed by atoms with Gasteiger partial charge in [-0.05, 0) is 52.8 Å². The van der Waals surface area contributed by atoms with Crippen molar-refractivity contribution in [3.05, 3.63) is 95.1 Å². The van der Waals surface area contributed by atoms with E-state index in [0.717, 1.165) is 28.1 Å². The molecular weight excluding hydrogens is 436 g/mol. The highest BCUT2D eigenvalue weighted by molar-refractivity contribution is 5.93. The molecule has 0 saturated heterocycles. The van der Waals surface area contributed by atoms with E-state index in [-0.39, 0.29) is 11.9 Å². The predicted octanol–water partition coefficient (Wildman–Crippen LogP) is 6.76. The van der Waals surface area contributed by atoms with E-state index in [2.05, 4.69) is 56.1 Å². The van der Waals surface area contributed by atoms with Crippen LogP contribution in [0.5, 0.6) is 0 Å². The fraction of sp³-hybridized carbons (Fsp3) is 0.333. The van der Waals surface area contributed by atoms with E-state index < -0.39 is 0 Å². The van der Waals surface area contributed by atoms with E-state index in [1.54, 1.807) is 12.1 Å². The Balaban J connectivity index is 1.75. The summed E-state index contributed by atoms with van der Waals surface area (Å²) >= 11 is 0. The van der Waals surface area contributed by atoms with Crippen LogP contribution >= 0.6 is 0 Å². The predicted molar refractivity (Wildman–Crippen MR) is 143 cm³/mol. The summed E-state index contributed by atoms with van der Waals surface area (Å²) in [5.74, 6) is 0.285. The molecule has 3 rings (SSSR count). The highest BCUT2D eigenvalue weighted by Crippen LogP contribution is 2.32. The molecule has 0 aliphatic heterocycles. The summed E-state index contributed by atoms with van der Waals surface area (Å²) in [6.45, 7) is 9.79. The maximum atomic E-state index is 13.1. The molecule has 0 aromatic heterocycles. The number of carbonyl (C=O) groups excluding carboxylic acids is 2. The largest absolute Gasteiger partial charge is 0.465 e. The summed E-state index contributed by atoms with van der Waals surface area (Å²) in [7, 11) is 1.38. The summed E-state index contributed by atoms with van der Waals surface area (Å²) in [4.78, 5) is 27.0. The molecule has 184 valence electrons. The summed E-state index contributed by atoms with van der Waals surface area (Å²) in [5.41, 5.74) is 5.89. The number of nitrogens with zero attached hydrogens (tertiary/aromatic N) is 1. The van der Waals surface area contributed by atoms with Crippen molar-refractivity contribution in [1.82, 2.24) is 0 Å². The molecule has 0 unspecified atom stereocenters. The molecule has 3 aromatic rings. The molecule has 5 nitrogen and oxygen atoms in total. The summed E-state index contributed by atoms with van der Waals surface area (Å²) < 4.78 is 4.79. The van der Waals surface area contributed by atoms with Crippen LogP contribution in [0.15, 0.2) is 72.8 Å². The molecule has 35 heavy (non-hydrogen) atoms. The second-order valence-electron chi connectivity index (χ2n) is 9.36. The van der Waals surface area contributed by atoms with E-state index >= 15 is 0 Å². The number of amides is 1. The third-order valence-electron chi connectivity index (χ3n) is 6.12. The molecule has 0 bridgehead atoms. The van der Waals surface area contributed by atoms with Gasteiger partial charge in [-0.2, -0.15) is 0 Å². The van der Waals surface area contributed by atoms with Gasteiger partial charge in [-0.1, -0.05) is 76.2 Å². The van der Waals surface area contributed by atoms with E-state index in [4.69, 9.17) is 4.74 Å². The molecule has 0 saturated carbocycles. The maximum Gasteiger partial charge on any atom is 0.337 e. The number of methoxy groups -OCH3 is 1. The van der Waals surface area contributed by atoms with Crippen molar-refractivity contribution >= 4 is 23.3 Å². The number of para-hydroxylation sites is 2. The molecule has 0 heterocycles. The number of benzene rings is 3. The zero-order valence-electron chi connectivity index (χ0n) is 21.4. The molecule has 0 aliphatic rings. The lowest BCUT2D eigenvalue weighted by Crippen LogP contribution is -2.28. The number of anilines is 2. The van der Waals surface area contributed by atoms with Crippen LogP contribution in [-0.4, -0.2) is 25.5 Å². The van der Waals surface area contributed by atoms with E-state index in [1.165, 1.54) is 7.11 Å². The first kappa shape index (κ1) is 26.0. The zero-order valence-corrected chi connectivity index (χ0v) is 21.4. The number of hydrogen-bond acceptors (Lipinski definition) is 4. The molecule has 5 heteroatoms. The van der Waals surface area contributed by atoms with E-state index in [9.17, 15) is 9.59 Å². The quantitative estimate of drug-likeness (QED) is 0.331. The van der Waals surface area contributed by atoms with Crippen LogP contribution in [0.3, 0.4) is 0 Å². The first-order valence-electron chi connectivity index (χ1n) is 12.2. The Labute approximate surface area is 209 Å². The van der Waals surface area contributed by atoms with Crippen molar-refractivity contribution in [3.8, 4) is 0 Å². The molecule has 0 spiro atoms. The zero-order chi connectivity index (χ0) is 25.4. The van der Waals surface area contributed by atoms with Gasteiger partial charge in [0, 0.05) is 30.9 Å². The molecule has 3 aromatic carbocycles. The third kappa shape index (κ3) is 6.95. The fourth-order valence-corrected chi connectivity index (χ4v) is 4.16. The highest BCUT2D eigenvalue weighted by Gasteiger charge is 2.17. The molecule has 1 N–H and O–H groups in total. The number of esters is 1. The number of hydrogen-bond donors (Lipinski definition) is 1. The Morgan fingerprint density at radius 1 is 0.829 bits per heavy atom. The van der Waals surface area contributed by atoms with E-state index in [0.29, 0.717) is 36.9 Å². The molecule has 0 atom stereocenters. The number of rotatable bonds is 10. The first-order chi connectivity index (χ1) is 16.8. The summed E-state index contributed by atoms with van der Waals surface area (Å²) in [5, 5.41) is 3.22. The van der Waals surface area contributed by atoms with Gasteiger partial charge < -0.3 is 15.0 Å². The van der Waals surface area contributed by atoms with Crippen LogP contribution in [0, 0.1) is 0 Å². The Morgan fingerprint density at radius 3 is 1.97 bits per heavy atom. The monoisotopic (exact) mass is 472 g/mol. The minimum Gasteiger partial charge on any atom is -0.465 e. The van der Waals surface area contributed by atoms with Crippen LogP contribution < -0.4 is 10.2 Å². The smallest absolute Gasteiger partial charge is 0.337 e. The topological polar surface area (TPSA) is 58.6 Å². The van der Waals surface area contributed by atoms with Crippen LogP contribution in [-0.2, 0) is 16.1 Å². The normalized spacial score (nSPS) is 10.9. The minimum absolute atomic E-state index is 0.00182. The Hall–Kier alpha value is -3.60. The van der Waals surface area contributed by atoms with Crippen LogP contribution in [0.25, 0.3) is 0 Å². The van der Waals surface area contributed by atoms with E-state index in [1.807, 2.05) is 42.5 Å². The summed E-state index contributed by atoms with van der Waals surface area (Å²) in [6.07, 6.45) is 0.360. The first-order valence-corrected chi connectivity index (χ1v) is 12.2. The Kier molecular flexibility index (Phi) is 9.07. The highest BCUT2D eigenvalue weighted by atomic mass is 16.5. The maximum absolute atomic E-state index is 13.1. The van der Waals surface area contributed by atoms with Crippen LogP contribution in [0.1, 0.15) is 73.0 Å². The third-order valence-corrected chi connectivity index (χ3v) is 6.12. The lowest BCUT2D eigenvalue weighted by Gasteiger charge is -2.25. The molecule has 1 amide bonds. The molecule has 0 radical (unpaired) electrons. The van der Waals surface area contributed by atoms with Gasteiger partial charge in [-0.3, -0.25) is 4.79 Å². The van der Waals surface area contributed by atoms with Crippen molar-refractivity contribution in [1.29, 1.82) is 0 Å².